The van der Waals surface area contributed by atoms with E-state index in [2.05, 4.69) is 4.98 Å². The molecule has 2 heterocycles. The maximum absolute atomic E-state index is 12.6. The second kappa shape index (κ2) is 8.45. The zero-order valence-corrected chi connectivity index (χ0v) is 16.2. The van der Waals surface area contributed by atoms with Crippen LogP contribution in [0.3, 0.4) is 0 Å². The largest absolute Gasteiger partial charge is 0.342 e. The zero-order valence-electron chi connectivity index (χ0n) is 15.4. The van der Waals surface area contributed by atoms with E-state index in [-0.39, 0.29) is 11.8 Å². The van der Waals surface area contributed by atoms with E-state index < -0.39 is 0 Å². The van der Waals surface area contributed by atoms with E-state index >= 15 is 0 Å². The van der Waals surface area contributed by atoms with Gasteiger partial charge in [-0.15, -0.1) is 11.3 Å². The molecule has 5 nitrogen and oxygen atoms in total. The standard InChI is InChI=1S/C20H25N3O2S/c1-3-22(4-2)20(25)19-21-16-10-12-23(13-11-17(16)26-19)18(24)14-15-8-6-5-7-9-15/h5-9H,3-4,10-14H2,1-2H3. The van der Waals surface area contributed by atoms with E-state index in [1.54, 1.807) is 4.90 Å². The number of benzene rings is 1. The first kappa shape index (κ1) is 18.6. The number of hydrogen-bond acceptors (Lipinski definition) is 4. The van der Waals surface area contributed by atoms with Crippen LogP contribution in [-0.2, 0) is 24.1 Å². The molecule has 0 aliphatic carbocycles. The first-order chi connectivity index (χ1) is 12.6. The van der Waals surface area contributed by atoms with Crippen molar-refractivity contribution in [2.24, 2.45) is 0 Å². The maximum Gasteiger partial charge on any atom is 0.282 e. The van der Waals surface area contributed by atoms with Crippen LogP contribution in [0.5, 0.6) is 0 Å². The van der Waals surface area contributed by atoms with Crippen LogP contribution >= 0.6 is 11.3 Å². The molecule has 3 rings (SSSR count). The molecule has 0 saturated heterocycles. The van der Waals surface area contributed by atoms with Crippen molar-refractivity contribution in [3.05, 3.63) is 51.5 Å². The Morgan fingerprint density at radius 2 is 1.81 bits per heavy atom. The highest BCUT2D eigenvalue weighted by atomic mass is 32.1. The molecule has 0 spiro atoms. The van der Waals surface area contributed by atoms with Crippen LogP contribution in [0, 0.1) is 0 Å². The Labute approximate surface area is 158 Å². The fourth-order valence-electron chi connectivity index (χ4n) is 3.23. The van der Waals surface area contributed by atoms with Gasteiger partial charge in [-0.3, -0.25) is 9.59 Å². The molecular formula is C20H25N3O2S. The molecule has 26 heavy (non-hydrogen) atoms. The SMILES string of the molecule is CCN(CC)C(=O)c1nc2c(s1)CCN(C(=O)Cc1ccccc1)CC2. The fraction of sp³-hybridized carbons (Fsp3) is 0.450. The number of rotatable bonds is 5. The van der Waals surface area contributed by atoms with Crippen LogP contribution in [0.4, 0.5) is 0 Å². The number of amides is 2. The minimum Gasteiger partial charge on any atom is -0.342 e. The summed E-state index contributed by atoms with van der Waals surface area (Å²) in [6.07, 6.45) is 1.94. The number of aromatic nitrogens is 1. The molecule has 1 aliphatic rings. The second-order valence-electron chi connectivity index (χ2n) is 6.41. The van der Waals surface area contributed by atoms with Gasteiger partial charge in [0.15, 0.2) is 5.01 Å². The first-order valence-corrected chi connectivity index (χ1v) is 10.0. The third-order valence-electron chi connectivity index (χ3n) is 4.79. The highest BCUT2D eigenvalue weighted by Crippen LogP contribution is 2.24. The molecule has 1 aromatic heterocycles. The van der Waals surface area contributed by atoms with Crippen molar-refractivity contribution in [2.45, 2.75) is 33.1 Å². The quantitative estimate of drug-likeness (QED) is 0.812. The molecule has 2 amide bonds. The average molecular weight is 372 g/mol. The van der Waals surface area contributed by atoms with E-state index in [9.17, 15) is 9.59 Å². The highest BCUT2D eigenvalue weighted by Gasteiger charge is 2.24. The van der Waals surface area contributed by atoms with Gasteiger partial charge in [0.25, 0.3) is 5.91 Å². The lowest BCUT2D eigenvalue weighted by Gasteiger charge is -2.20. The topological polar surface area (TPSA) is 53.5 Å². The molecule has 0 saturated carbocycles. The van der Waals surface area contributed by atoms with Crippen LogP contribution in [0.15, 0.2) is 30.3 Å². The first-order valence-electron chi connectivity index (χ1n) is 9.21. The molecule has 0 radical (unpaired) electrons. The number of hydrogen-bond donors (Lipinski definition) is 0. The Balaban J connectivity index is 1.64. The molecule has 1 aliphatic heterocycles. The Morgan fingerprint density at radius 1 is 1.12 bits per heavy atom. The van der Waals surface area contributed by atoms with E-state index in [0.29, 0.717) is 37.6 Å². The van der Waals surface area contributed by atoms with Gasteiger partial charge in [-0.05, 0) is 19.4 Å². The molecule has 1 aromatic carbocycles. The van der Waals surface area contributed by atoms with Gasteiger partial charge >= 0.3 is 0 Å². The van der Waals surface area contributed by atoms with Gasteiger partial charge in [-0.1, -0.05) is 30.3 Å². The molecule has 0 bridgehead atoms. The molecule has 0 unspecified atom stereocenters. The van der Waals surface area contributed by atoms with E-state index in [0.717, 1.165) is 29.0 Å². The van der Waals surface area contributed by atoms with Gasteiger partial charge in [0.05, 0.1) is 12.1 Å². The van der Waals surface area contributed by atoms with E-state index in [4.69, 9.17) is 0 Å². The minimum atomic E-state index is 0.0186. The smallest absolute Gasteiger partial charge is 0.282 e. The van der Waals surface area contributed by atoms with Crippen molar-refractivity contribution >= 4 is 23.2 Å². The Morgan fingerprint density at radius 3 is 2.50 bits per heavy atom. The summed E-state index contributed by atoms with van der Waals surface area (Å²) in [7, 11) is 0. The zero-order chi connectivity index (χ0) is 18.5. The Bertz CT molecular complexity index is 743. The minimum absolute atomic E-state index is 0.0186. The fourth-order valence-corrected chi connectivity index (χ4v) is 4.30. The lowest BCUT2D eigenvalue weighted by atomic mass is 10.1. The van der Waals surface area contributed by atoms with Gasteiger partial charge < -0.3 is 9.80 Å². The van der Waals surface area contributed by atoms with E-state index in [1.165, 1.54) is 11.3 Å². The van der Waals surface area contributed by atoms with Gasteiger partial charge in [0.1, 0.15) is 0 Å². The monoisotopic (exact) mass is 371 g/mol. The summed E-state index contributed by atoms with van der Waals surface area (Å²) in [6.45, 7) is 6.72. The lowest BCUT2D eigenvalue weighted by molar-refractivity contribution is -0.130. The van der Waals surface area contributed by atoms with Crippen molar-refractivity contribution < 1.29 is 9.59 Å². The summed E-state index contributed by atoms with van der Waals surface area (Å²) in [5.41, 5.74) is 2.03. The second-order valence-corrected chi connectivity index (χ2v) is 7.49. The van der Waals surface area contributed by atoms with Crippen molar-refractivity contribution in [3.8, 4) is 0 Å². The van der Waals surface area contributed by atoms with Crippen molar-refractivity contribution in [1.82, 2.24) is 14.8 Å². The highest BCUT2D eigenvalue weighted by molar-refractivity contribution is 7.13. The number of thiazole rings is 1. The van der Waals surface area contributed by atoms with Gasteiger partial charge in [0, 0.05) is 43.9 Å². The Kier molecular flexibility index (Phi) is 6.04. The summed E-state index contributed by atoms with van der Waals surface area (Å²) in [6, 6.07) is 9.85. The summed E-state index contributed by atoms with van der Waals surface area (Å²) in [5.74, 6) is 0.177. The molecule has 0 N–H and O–H groups in total. The summed E-state index contributed by atoms with van der Waals surface area (Å²) in [4.78, 5) is 34.5. The summed E-state index contributed by atoms with van der Waals surface area (Å²) in [5, 5.41) is 0.586. The van der Waals surface area contributed by atoms with Gasteiger partial charge in [-0.2, -0.15) is 0 Å². The van der Waals surface area contributed by atoms with Crippen molar-refractivity contribution in [2.75, 3.05) is 26.2 Å². The molecule has 2 aromatic rings. The molecule has 138 valence electrons. The molecule has 6 heteroatoms. The van der Waals surface area contributed by atoms with Crippen molar-refractivity contribution in [3.63, 3.8) is 0 Å². The normalized spacial score (nSPS) is 13.8. The van der Waals surface area contributed by atoms with Crippen LogP contribution < -0.4 is 0 Å². The van der Waals surface area contributed by atoms with Gasteiger partial charge in [-0.25, -0.2) is 4.98 Å². The third kappa shape index (κ3) is 4.12. The number of nitrogens with zero attached hydrogens (tertiary/aromatic N) is 3. The van der Waals surface area contributed by atoms with Crippen LogP contribution in [0.1, 0.15) is 39.8 Å². The van der Waals surface area contributed by atoms with Crippen molar-refractivity contribution in [1.29, 1.82) is 0 Å². The maximum atomic E-state index is 12.6. The number of carbonyl (C=O) groups excluding carboxylic acids is 2. The Hall–Kier alpha value is -2.21. The molecular weight excluding hydrogens is 346 g/mol. The van der Waals surface area contributed by atoms with Gasteiger partial charge in [0.2, 0.25) is 5.91 Å². The van der Waals surface area contributed by atoms with E-state index in [1.807, 2.05) is 49.1 Å². The summed E-state index contributed by atoms with van der Waals surface area (Å²) < 4.78 is 0. The number of carbonyl (C=O) groups is 2. The lowest BCUT2D eigenvalue weighted by Crippen LogP contribution is -2.34. The average Bonchev–Trinajstić information content (AvgIpc) is 2.96. The predicted molar refractivity (Wildman–Crippen MR) is 103 cm³/mol. The molecule has 0 atom stereocenters. The van der Waals surface area contributed by atoms with Crippen LogP contribution in [0.25, 0.3) is 0 Å². The predicted octanol–water partition coefficient (Wildman–Crippen LogP) is 2.80. The van der Waals surface area contributed by atoms with Crippen LogP contribution in [-0.4, -0.2) is 52.8 Å². The number of fused-ring (bicyclic) bond motifs is 1. The van der Waals surface area contributed by atoms with Crippen LogP contribution in [0.2, 0.25) is 0 Å². The third-order valence-corrected chi connectivity index (χ3v) is 5.94. The summed E-state index contributed by atoms with van der Waals surface area (Å²) >= 11 is 1.49. The molecule has 0 fully saturated rings.